The number of rotatable bonds is 6. The minimum absolute atomic E-state index is 0. The maximum Gasteiger partial charge on any atom is 0.221 e. The van der Waals surface area contributed by atoms with Gasteiger partial charge in [0.2, 0.25) is 5.91 Å². The summed E-state index contributed by atoms with van der Waals surface area (Å²) in [7, 11) is 0. The predicted octanol–water partition coefficient (Wildman–Crippen LogP) is 4.87. The molecule has 1 amide bonds. The van der Waals surface area contributed by atoms with Crippen LogP contribution in [0, 0.1) is 5.82 Å². The van der Waals surface area contributed by atoms with Crippen LogP contribution < -0.4 is 15.4 Å². The maximum absolute atomic E-state index is 14.7. The van der Waals surface area contributed by atoms with Gasteiger partial charge in [0.15, 0.2) is 0 Å². The van der Waals surface area contributed by atoms with Gasteiger partial charge in [-0.05, 0) is 42.5 Å². The largest absolute Gasteiger partial charge is 0.487 e. The lowest BCUT2D eigenvalue weighted by Gasteiger charge is -2.12. The van der Waals surface area contributed by atoms with Crippen LogP contribution >= 0.6 is 12.4 Å². The fourth-order valence-electron chi connectivity index (χ4n) is 2.89. The zero-order valence-corrected chi connectivity index (χ0v) is 17.3. The van der Waals surface area contributed by atoms with Crippen LogP contribution in [0.5, 0.6) is 5.75 Å². The molecular weight excluding hydrogens is 421 g/mol. The van der Waals surface area contributed by atoms with E-state index in [-0.39, 0.29) is 30.6 Å². The van der Waals surface area contributed by atoms with Crippen molar-refractivity contribution in [2.75, 3.05) is 10.6 Å². The quantitative estimate of drug-likeness (QED) is 0.445. The number of aromatic nitrogens is 3. The number of hydrogen-bond donors (Lipinski definition) is 2. The Bertz CT molecular complexity index is 1210. The number of carbonyl (C=O) groups excluding carboxylic acids is 1. The van der Waals surface area contributed by atoms with E-state index in [1.54, 1.807) is 36.5 Å². The maximum atomic E-state index is 14.7. The van der Waals surface area contributed by atoms with Crippen molar-refractivity contribution in [1.82, 2.24) is 15.0 Å². The fraction of sp³-hybridized carbons (Fsp3) is 0.0909. The fourth-order valence-corrected chi connectivity index (χ4v) is 2.89. The summed E-state index contributed by atoms with van der Waals surface area (Å²) in [6.07, 6.45) is 3.07. The minimum Gasteiger partial charge on any atom is -0.487 e. The van der Waals surface area contributed by atoms with Gasteiger partial charge in [-0.2, -0.15) is 0 Å². The van der Waals surface area contributed by atoms with E-state index in [9.17, 15) is 9.18 Å². The summed E-state index contributed by atoms with van der Waals surface area (Å²) in [5.74, 6) is 0.142. The Balaban J connectivity index is 0.00000272. The summed E-state index contributed by atoms with van der Waals surface area (Å²) in [4.78, 5) is 23.9. The van der Waals surface area contributed by atoms with Gasteiger partial charge < -0.3 is 15.4 Å². The molecule has 0 atom stereocenters. The predicted molar refractivity (Wildman–Crippen MR) is 119 cm³/mol. The van der Waals surface area contributed by atoms with Gasteiger partial charge in [-0.1, -0.05) is 6.07 Å². The first-order chi connectivity index (χ1) is 14.6. The van der Waals surface area contributed by atoms with Crippen LogP contribution in [0.1, 0.15) is 12.6 Å². The molecule has 4 aromatic rings. The third-order valence-corrected chi connectivity index (χ3v) is 4.26. The molecule has 0 radical (unpaired) electrons. The molecule has 0 aliphatic carbocycles. The number of benzene rings is 2. The van der Waals surface area contributed by atoms with E-state index < -0.39 is 5.82 Å². The van der Waals surface area contributed by atoms with Crippen LogP contribution in [0.25, 0.3) is 10.9 Å². The van der Waals surface area contributed by atoms with Crippen LogP contribution in [0.15, 0.2) is 67.1 Å². The molecule has 31 heavy (non-hydrogen) atoms. The van der Waals surface area contributed by atoms with E-state index in [1.807, 2.05) is 18.2 Å². The van der Waals surface area contributed by atoms with Crippen LogP contribution in [0.4, 0.5) is 21.6 Å². The highest BCUT2D eigenvalue weighted by Crippen LogP contribution is 2.28. The average molecular weight is 440 g/mol. The SMILES string of the molecule is CC(=O)Nc1ccc2ncnc(Nc3ccc(OCc4ccccn4)cc3F)c2c1.Cl. The molecule has 2 aromatic carbocycles. The molecule has 0 fully saturated rings. The molecule has 2 N–H and O–H groups in total. The Kier molecular flexibility index (Phi) is 6.94. The molecule has 2 aromatic heterocycles. The Morgan fingerprint density at radius 2 is 1.94 bits per heavy atom. The van der Waals surface area contributed by atoms with Crippen molar-refractivity contribution < 1.29 is 13.9 Å². The van der Waals surface area contributed by atoms with Crippen molar-refractivity contribution in [3.8, 4) is 5.75 Å². The molecule has 0 spiro atoms. The van der Waals surface area contributed by atoms with Crippen molar-refractivity contribution in [2.24, 2.45) is 0 Å². The summed E-state index contributed by atoms with van der Waals surface area (Å²) >= 11 is 0. The number of carbonyl (C=O) groups is 1. The van der Waals surface area contributed by atoms with Crippen molar-refractivity contribution in [2.45, 2.75) is 13.5 Å². The molecule has 9 heteroatoms. The van der Waals surface area contributed by atoms with Gasteiger partial charge >= 0.3 is 0 Å². The Labute approximate surface area is 184 Å². The first kappa shape index (κ1) is 21.9. The van der Waals surface area contributed by atoms with Gasteiger partial charge in [-0.25, -0.2) is 14.4 Å². The molecule has 7 nitrogen and oxygen atoms in total. The molecule has 0 bridgehead atoms. The molecule has 0 saturated carbocycles. The smallest absolute Gasteiger partial charge is 0.221 e. The second kappa shape index (κ2) is 9.82. The summed E-state index contributed by atoms with van der Waals surface area (Å²) in [6, 6.07) is 15.3. The Morgan fingerprint density at radius 3 is 2.68 bits per heavy atom. The van der Waals surface area contributed by atoms with E-state index in [0.29, 0.717) is 28.2 Å². The van der Waals surface area contributed by atoms with Gasteiger partial charge in [-0.15, -0.1) is 12.4 Å². The van der Waals surface area contributed by atoms with E-state index in [2.05, 4.69) is 25.6 Å². The van der Waals surface area contributed by atoms with Crippen molar-refractivity contribution in [3.63, 3.8) is 0 Å². The standard InChI is InChI=1S/C22H18FN5O2.ClH/c1-14(29)27-15-5-7-20-18(10-15)22(26-13-25-20)28-21-8-6-17(11-19(21)23)30-12-16-4-2-3-9-24-16;/h2-11,13H,12H2,1H3,(H,27,29)(H,25,26,28);1H. The number of amides is 1. The number of anilines is 3. The number of halogens is 2. The molecule has 2 heterocycles. The molecule has 4 rings (SSSR count). The van der Waals surface area contributed by atoms with Crippen LogP contribution in [-0.4, -0.2) is 20.9 Å². The topological polar surface area (TPSA) is 89.0 Å². The number of pyridine rings is 1. The summed E-state index contributed by atoms with van der Waals surface area (Å²) in [5.41, 5.74) is 2.26. The third-order valence-electron chi connectivity index (χ3n) is 4.26. The molecular formula is C22H19ClFN5O2. The second-order valence-corrected chi connectivity index (χ2v) is 6.51. The van der Waals surface area contributed by atoms with Crippen LogP contribution in [0.3, 0.4) is 0 Å². The molecule has 0 aliphatic heterocycles. The van der Waals surface area contributed by atoms with E-state index >= 15 is 0 Å². The lowest BCUT2D eigenvalue weighted by molar-refractivity contribution is -0.114. The van der Waals surface area contributed by atoms with Crippen LogP contribution in [0.2, 0.25) is 0 Å². The first-order valence-electron chi connectivity index (χ1n) is 9.20. The van der Waals surface area contributed by atoms with E-state index in [0.717, 1.165) is 5.69 Å². The highest BCUT2D eigenvalue weighted by Gasteiger charge is 2.10. The summed E-state index contributed by atoms with van der Waals surface area (Å²) in [5, 5.41) is 6.36. The highest BCUT2D eigenvalue weighted by molar-refractivity contribution is 5.96. The Hall–Kier alpha value is -3.78. The highest BCUT2D eigenvalue weighted by atomic mass is 35.5. The van der Waals surface area contributed by atoms with Gasteiger partial charge in [-0.3, -0.25) is 9.78 Å². The van der Waals surface area contributed by atoms with Gasteiger partial charge in [0.1, 0.15) is 30.3 Å². The summed E-state index contributed by atoms with van der Waals surface area (Å²) in [6.45, 7) is 1.67. The van der Waals surface area contributed by atoms with Gasteiger partial charge in [0.05, 0.1) is 16.9 Å². The van der Waals surface area contributed by atoms with E-state index in [4.69, 9.17) is 4.74 Å². The second-order valence-electron chi connectivity index (χ2n) is 6.51. The van der Waals surface area contributed by atoms with Crippen molar-refractivity contribution in [1.29, 1.82) is 0 Å². The summed E-state index contributed by atoms with van der Waals surface area (Å²) < 4.78 is 20.3. The number of fused-ring (bicyclic) bond motifs is 1. The zero-order chi connectivity index (χ0) is 20.9. The van der Waals surface area contributed by atoms with Gasteiger partial charge in [0, 0.05) is 30.3 Å². The minimum atomic E-state index is -0.488. The van der Waals surface area contributed by atoms with Crippen molar-refractivity contribution in [3.05, 3.63) is 78.6 Å². The first-order valence-corrected chi connectivity index (χ1v) is 9.20. The van der Waals surface area contributed by atoms with Crippen molar-refractivity contribution >= 4 is 46.4 Å². The van der Waals surface area contributed by atoms with Crippen LogP contribution in [-0.2, 0) is 11.4 Å². The molecule has 0 unspecified atom stereocenters. The molecule has 158 valence electrons. The third kappa shape index (κ3) is 5.43. The number of nitrogens with one attached hydrogen (secondary N) is 2. The number of nitrogens with zero attached hydrogens (tertiary/aromatic N) is 3. The van der Waals surface area contributed by atoms with Gasteiger partial charge in [0.25, 0.3) is 0 Å². The number of ether oxygens (including phenoxy) is 1. The number of hydrogen-bond acceptors (Lipinski definition) is 6. The normalized spacial score (nSPS) is 10.3. The monoisotopic (exact) mass is 439 g/mol. The lowest BCUT2D eigenvalue weighted by atomic mass is 10.2. The average Bonchev–Trinajstić information content (AvgIpc) is 2.74. The lowest BCUT2D eigenvalue weighted by Crippen LogP contribution is -2.06. The zero-order valence-electron chi connectivity index (χ0n) is 16.5. The molecule has 0 saturated heterocycles. The van der Waals surface area contributed by atoms with E-state index in [1.165, 1.54) is 19.3 Å². The molecule has 0 aliphatic rings. The Morgan fingerprint density at radius 1 is 1.06 bits per heavy atom.